The second-order valence-corrected chi connectivity index (χ2v) is 6.53. The second-order valence-electron chi connectivity index (χ2n) is 6.53. The standard InChI is InChI=1S/C20H33N5O3.HI/c1-5-21-20(22-9-10-24-11-13-25(14-12-24)16(3)26)23-17-7-8-18(27-4)19(15-17)28-6-2;/h7-8,15H,5-6,9-14H2,1-4H3,(H2,21,22,23);1H. The lowest BCUT2D eigenvalue weighted by Crippen LogP contribution is -2.48. The number of halogens is 1. The van der Waals surface area contributed by atoms with Gasteiger partial charge in [0, 0.05) is 57.9 Å². The van der Waals surface area contributed by atoms with Gasteiger partial charge in [-0.1, -0.05) is 0 Å². The van der Waals surface area contributed by atoms with Gasteiger partial charge in [-0.3, -0.25) is 14.7 Å². The van der Waals surface area contributed by atoms with Gasteiger partial charge < -0.3 is 25.0 Å². The first-order chi connectivity index (χ1) is 13.6. The Labute approximate surface area is 191 Å². The third-order valence-corrected chi connectivity index (χ3v) is 4.57. The van der Waals surface area contributed by atoms with Gasteiger partial charge in [-0.05, 0) is 26.0 Å². The molecular weight excluding hydrogens is 485 g/mol. The SMILES string of the molecule is CCNC(=NCCN1CCN(C(C)=O)CC1)Nc1ccc(OC)c(OCC)c1.I. The van der Waals surface area contributed by atoms with Crippen LogP contribution in [0.1, 0.15) is 20.8 Å². The molecule has 0 radical (unpaired) electrons. The van der Waals surface area contributed by atoms with Crippen LogP contribution in [-0.4, -0.2) is 81.2 Å². The van der Waals surface area contributed by atoms with Crippen molar-refractivity contribution in [3.05, 3.63) is 18.2 Å². The van der Waals surface area contributed by atoms with E-state index in [1.165, 1.54) is 0 Å². The Morgan fingerprint density at radius 3 is 2.48 bits per heavy atom. The maximum absolute atomic E-state index is 11.4. The molecule has 1 aliphatic rings. The lowest BCUT2D eigenvalue weighted by Gasteiger charge is -2.33. The fourth-order valence-corrected chi connectivity index (χ4v) is 3.06. The van der Waals surface area contributed by atoms with E-state index in [4.69, 9.17) is 9.47 Å². The molecule has 0 unspecified atom stereocenters. The highest BCUT2D eigenvalue weighted by Gasteiger charge is 2.17. The van der Waals surface area contributed by atoms with Gasteiger partial charge in [0.2, 0.25) is 5.91 Å². The molecule has 1 aromatic rings. The highest BCUT2D eigenvalue weighted by molar-refractivity contribution is 14.0. The molecule has 0 aromatic heterocycles. The summed E-state index contributed by atoms with van der Waals surface area (Å²) in [5.41, 5.74) is 0.888. The van der Waals surface area contributed by atoms with Gasteiger partial charge in [0.15, 0.2) is 17.5 Å². The van der Waals surface area contributed by atoms with Gasteiger partial charge in [0.1, 0.15) is 0 Å². The molecule has 9 heteroatoms. The molecule has 0 aliphatic carbocycles. The number of nitrogens with one attached hydrogen (secondary N) is 2. The van der Waals surface area contributed by atoms with Gasteiger partial charge in [-0.15, -0.1) is 24.0 Å². The Bertz CT molecular complexity index is 664. The Hall–Kier alpha value is -1.75. The first-order valence-corrected chi connectivity index (χ1v) is 9.91. The lowest BCUT2D eigenvalue weighted by molar-refractivity contribution is -0.130. The minimum absolute atomic E-state index is 0. The van der Waals surface area contributed by atoms with Crippen LogP contribution in [0.25, 0.3) is 0 Å². The Morgan fingerprint density at radius 2 is 1.90 bits per heavy atom. The van der Waals surface area contributed by atoms with Gasteiger partial charge in [0.25, 0.3) is 0 Å². The summed E-state index contributed by atoms with van der Waals surface area (Å²) in [5.74, 6) is 2.30. The molecule has 1 saturated heterocycles. The maximum atomic E-state index is 11.4. The summed E-state index contributed by atoms with van der Waals surface area (Å²) in [4.78, 5) is 20.3. The molecule has 2 rings (SSSR count). The van der Waals surface area contributed by atoms with E-state index in [9.17, 15) is 4.79 Å². The van der Waals surface area contributed by atoms with Crippen LogP contribution in [0.4, 0.5) is 5.69 Å². The molecule has 1 heterocycles. The molecule has 0 bridgehead atoms. The fraction of sp³-hybridized carbons (Fsp3) is 0.600. The number of anilines is 1. The van der Waals surface area contributed by atoms with Crippen molar-refractivity contribution in [3.63, 3.8) is 0 Å². The summed E-state index contributed by atoms with van der Waals surface area (Å²) < 4.78 is 11.0. The molecule has 1 aliphatic heterocycles. The smallest absolute Gasteiger partial charge is 0.219 e. The van der Waals surface area contributed by atoms with Crippen molar-refractivity contribution in [2.75, 3.05) is 64.8 Å². The van der Waals surface area contributed by atoms with Crippen LogP contribution in [-0.2, 0) is 4.79 Å². The lowest BCUT2D eigenvalue weighted by atomic mass is 10.2. The third kappa shape index (κ3) is 8.25. The Morgan fingerprint density at radius 1 is 1.17 bits per heavy atom. The summed E-state index contributed by atoms with van der Waals surface area (Å²) in [5, 5.41) is 6.59. The molecule has 2 N–H and O–H groups in total. The summed E-state index contributed by atoms with van der Waals surface area (Å²) in [6.07, 6.45) is 0. The van der Waals surface area contributed by atoms with E-state index in [1.807, 2.05) is 36.9 Å². The minimum Gasteiger partial charge on any atom is -0.493 e. The van der Waals surface area contributed by atoms with Crippen LogP contribution in [0.5, 0.6) is 11.5 Å². The number of amides is 1. The number of benzene rings is 1. The fourth-order valence-electron chi connectivity index (χ4n) is 3.06. The van der Waals surface area contributed by atoms with Crippen molar-refractivity contribution < 1.29 is 14.3 Å². The van der Waals surface area contributed by atoms with Gasteiger partial charge in [-0.2, -0.15) is 0 Å². The predicted molar refractivity (Wildman–Crippen MR) is 128 cm³/mol. The topological polar surface area (TPSA) is 78.4 Å². The van der Waals surface area contributed by atoms with E-state index in [0.29, 0.717) is 24.7 Å². The van der Waals surface area contributed by atoms with E-state index in [1.54, 1.807) is 14.0 Å². The molecule has 164 valence electrons. The zero-order valence-corrected chi connectivity index (χ0v) is 20.2. The first kappa shape index (κ1) is 25.3. The van der Waals surface area contributed by atoms with Crippen LogP contribution in [0.2, 0.25) is 0 Å². The van der Waals surface area contributed by atoms with Gasteiger partial charge in [0.05, 0.1) is 20.3 Å². The quantitative estimate of drug-likeness (QED) is 0.312. The largest absolute Gasteiger partial charge is 0.493 e. The third-order valence-electron chi connectivity index (χ3n) is 4.57. The maximum Gasteiger partial charge on any atom is 0.219 e. The molecular formula is C20H34IN5O3. The van der Waals surface area contributed by atoms with Crippen LogP contribution in [0, 0.1) is 0 Å². The molecule has 8 nitrogen and oxygen atoms in total. The number of piperazine rings is 1. The average molecular weight is 519 g/mol. The van der Waals surface area contributed by atoms with E-state index >= 15 is 0 Å². The van der Waals surface area contributed by atoms with Crippen LogP contribution in [0.3, 0.4) is 0 Å². The highest BCUT2D eigenvalue weighted by Crippen LogP contribution is 2.30. The summed E-state index contributed by atoms with van der Waals surface area (Å²) in [7, 11) is 1.63. The molecule has 0 saturated carbocycles. The first-order valence-electron chi connectivity index (χ1n) is 9.91. The summed E-state index contributed by atoms with van der Waals surface area (Å²) in [6.45, 7) is 11.9. The van der Waals surface area contributed by atoms with Crippen LogP contribution >= 0.6 is 24.0 Å². The number of hydrogen-bond donors (Lipinski definition) is 2. The van der Waals surface area contributed by atoms with Crippen molar-refractivity contribution in [2.45, 2.75) is 20.8 Å². The minimum atomic E-state index is 0. The van der Waals surface area contributed by atoms with E-state index < -0.39 is 0 Å². The van der Waals surface area contributed by atoms with E-state index in [0.717, 1.165) is 50.9 Å². The predicted octanol–water partition coefficient (Wildman–Crippen LogP) is 2.25. The number of methoxy groups -OCH3 is 1. The summed E-state index contributed by atoms with van der Waals surface area (Å²) >= 11 is 0. The molecule has 1 amide bonds. The number of nitrogens with zero attached hydrogens (tertiary/aromatic N) is 3. The number of hydrogen-bond acceptors (Lipinski definition) is 5. The Balaban J connectivity index is 0.00000420. The normalized spacial score (nSPS) is 14.8. The van der Waals surface area contributed by atoms with Crippen molar-refractivity contribution in [3.8, 4) is 11.5 Å². The number of carbonyl (C=O) groups is 1. The number of rotatable bonds is 8. The molecule has 1 aromatic carbocycles. The molecule has 0 atom stereocenters. The van der Waals surface area contributed by atoms with Crippen LogP contribution < -0.4 is 20.1 Å². The van der Waals surface area contributed by atoms with Crippen molar-refractivity contribution in [1.82, 2.24) is 15.1 Å². The number of guanidine groups is 1. The number of ether oxygens (including phenoxy) is 2. The number of carbonyl (C=O) groups excluding carboxylic acids is 1. The average Bonchev–Trinajstić information content (AvgIpc) is 2.69. The molecule has 1 fully saturated rings. The van der Waals surface area contributed by atoms with Crippen LogP contribution in [0.15, 0.2) is 23.2 Å². The zero-order valence-electron chi connectivity index (χ0n) is 17.9. The van der Waals surface area contributed by atoms with Crippen molar-refractivity contribution in [1.29, 1.82) is 0 Å². The van der Waals surface area contributed by atoms with Crippen molar-refractivity contribution >= 4 is 41.5 Å². The van der Waals surface area contributed by atoms with E-state index in [2.05, 4.69) is 20.5 Å². The molecule has 29 heavy (non-hydrogen) atoms. The van der Waals surface area contributed by atoms with Gasteiger partial charge in [-0.25, -0.2) is 0 Å². The second kappa shape index (κ2) is 13.5. The molecule has 0 spiro atoms. The van der Waals surface area contributed by atoms with E-state index in [-0.39, 0.29) is 29.9 Å². The summed E-state index contributed by atoms with van der Waals surface area (Å²) in [6, 6.07) is 5.73. The zero-order chi connectivity index (χ0) is 20.4. The van der Waals surface area contributed by atoms with Gasteiger partial charge >= 0.3 is 0 Å². The monoisotopic (exact) mass is 519 g/mol. The Kier molecular flexibility index (Phi) is 11.7. The highest BCUT2D eigenvalue weighted by atomic mass is 127. The van der Waals surface area contributed by atoms with Crippen molar-refractivity contribution in [2.24, 2.45) is 4.99 Å². The number of aliphatic imine (C=N–C) groups is 1.